The van der Waals surface area contributed by atoms with Crippen molar-refractivity contribution in [2.75, 3.05) is 26.4 Å². The smallest absolute Gasteiger partial charge is 0.346 e. The van der Waals surface area contributed by atoms with Crippen LogP contribution in [0.5, 0.6) is 0 Å². The fourth-order valence-corrected chi connectivity index (χ4v) is 1.09. The molecular formula is C13H18O8. The fourth-order valence-electron chi connectivity index (χ4n) is 1.09. The first-order valence-corrected chi connectivity index (χ1v) is 5.98. The van der Waals surface area contributed by atoms with E-state index in [-0.39, 0.29) is 26.4 Å². The molecule has 1 heterocycles. The van der Waals surface area contributed by atoms with Crippen LogP contribution in [0.25, 0.3) is 0 Å². The van der Waals surface area contributed by atoms with Gasteiger partial charge in [-0.25, -0.2) is 9.59 Å². The van der Waals surface area contributed by atoms with Gasteiger partial charge in [-0.1, -0.05) is 12.1 Å². The summed E-state index contributed by atoms with van der Waals surface area (Å²) in [5.74, 6) is -1.10. The Bertz CT molecular complexity index is 407. The Hall–Kier alpha value is -1.84. The van der Waals surface area contributed by atoms with Gasteiger partial charge in [0.05, 0.1) is 37.6 Å². The van der Waals surface area contributed by atoms with Crippen molar-refractivity contribution in [2.45, 2.75) is 6.10 Å². The van der Waals surface area contributed by atoms with E-state index in [0.717, 1.165) is 0 Å². The molecule has 8 heteroatoms. The summed E-state index contributed by atoms with van der Waals surface area (Å²) in [6, 6.07) is 6.53. The number of esters is 2. The predicted molar refractivity (Wildman–Crippen MR) is 70.5 cm³/mol. The number of rotatable bonds is 3. The lowest BCUT2D eigenvalue weighted by molar-refractivity contribution is 0.0443. The minimum absolute atomic E-state index is 0.125. The number of cyclic esters (lactones) is 2. The molecule has 8 nitrogen and oxygen atoms in total. The second-order valence-electron chi connectivity index (χ2n) is 3.69. The molecule has 0 saturated carbocycles. The number of hydrogen-bond acceptors (Lipinski definition) is 8. The first-order chi connectivity index (χ1) is 10.0. The molecule has 2 rings (SSSR count). The lowest BCUT2D eigenvalue weighted by atomic mass is 10.1. The Morgan fingerprint density at radius 2 is 1.24 bits per heavy atom. The van der Waals surface area contributed by atoms with Crippen LogP contribution < -0.4 is 0 Å². The lowest BCUT2D eigenvalue weighted by Gasteiger charge is -1.96. The summed E-state index contributed by atoms with van der Waals surface area (Å²) in [4.78, 5) is 21.7. The van der Waals surface area contributed by atoms with Crippen molar-refractivity contribution in [3.63, 3.8) is 0 Å². The Labute approximate surface area is 120 Å². The van der Waals surface area contributed by atoms with Crippen LogP contribution in [0.3, 0.4) is 0 Å². The summed E-state index contributed by atoms with van der Waals surface area (Å²) in [6.07, 6.45) is -0.954. The van der Waals surface area contributed by atoms with Crippen molar-refractivity contribution >= 4 is 11.9 Å². The van der Waals surface area contributed by atoms with E-state index in [1.54, 1.807) is 24.3 Å². The number of hydrogen-bond donors (Lipinski definition) is 5. The SMILES string of the molecule is O=C1OC(=O)c2ccccc21.OCC(O)CO.OCCO. The van der Waals surface area contributed by atoms with Gasteiger partial charge in [0, 0.05) is 0 Å². The average molecular weight is 302 g/mol. The van der Waals surface area contributed by atoms with E-state index in [0.29, 0.717) is 11.1 Å². The number of carbonyl (C=O) groups is 2. The van der Waals surface area contributed by atoms with Crippen LogP contribution in [-0.2, 0) is 4.74 Å². The van der Waals surface area contributed by atoms with Crippen molar-refractivity contribution in [3.8, 4) is 0 Å². The molecule has 1 aliphatic heterocycles. The molecule has 0 radical (unpaired) electrons. The normalized spacial score (nSPS) is 11.9. The topological polar surface area (TPSA) is 145 Å². The third-order valence-corrected chi connectivity index (χ3v) is 2.07. The molecule has 1 aliphatic rings. The van der Waals surface area contributed by atoms with Gasteiger partial charge in [-0.2, -0.15) is 0 Å². The summed E-state index contributed by atoms with van der Waals surface area (Å²) in [6.45, 7) is -0.979. The van der Waals surface area contributed by atoms with E-state index in [1.807, 2.05) is 0 Å². The van der Waals surface area contributed by atoms with Gasteiger partial charge in [-0.3, -0.25) is 0 Å². The van der Waals surface area contributed by atoms with Crippen LogP contribution in [0.2, 0.25) is 0 Å². The van der Waals surface area contributed by atoms with Gasteiger partial charge < -0.3 is 30.3 Å². The van der Waals surface area contributed by atoms with Gasteiger partial charge in [0.15, 0.2) is 0 Å². The largest absolute Gasteiger partial charge is 0.394 e. The quantitative estimate of drug-likeness (QED) is 0.328. The molecule has 0 fully saturated rings. The van der Waals surface area contributed by atoms with Crippen LogP contribution >= 0.6 is 0 Å². The fraction of sp³-hybridized carbons (Fsp3) is 0.385. The second-order valence-corrected chi connectivity index (χ2v) is 3.69. The molecule has 1 aromatic rings. The maximum atomic E-state index is 10.8. The van der Waals surface area contributed by atoms with Gasteiger partial charge >= 0.3 is 11.9 Å². The summed E-state index contributed by atoms with van der Waals surface area (Å²) >= 11 is 0. The average Bonchev–Trinajstić information content (AvgIpc) is 2.82. The molecule has 0 unspecified atom stereocenters. The third-order valence-electron chi connectivity index (χ3n) is 2.07. The van der Waals surface area contributed by atoms with Crippen molar-refractivity contribution in [1.82, 2.24) is 0 Å². The molecule has 0 atom stereocenters. The maximum absolute atomic E-state index is 10.8. The van der Waals surface area contributed by atoms with Crippen LogP contribution in [0.15, 0.2) is 24.3 Å². The van der Waals surface area contributed by atoms with Gasteiger partial charge in [-0.05, 0) is 12.1 Å². The molecule has 21 heavy (non-hydrogen) atoms. The first-order valence-electron chi connectivity index (χ1n) is 5.98. The van der Waals surface area contributed by atoms with E-state index in [1.165, 1.54) is 0 Å². The van der Waals surface area contributed by atoms with Gasteiger partial charge in [-0.15, -0.1) is 0 Å². The first kappa shape index (κ1) is 19.2. The minimum atomic E-state index is -0.954. The van der Waals surface area contributed by atoms with Crippen LogP contribution in [0.4, 0.5) is 0 Å². The monoisotopic (exact) mass is 302 g/mol. The third kappa shape index (κ3) is 6.93. The second kappa shape index (κ2) is 10.9. The Kier molecular flexibility index (Phi) is 9.94. The maximum Gasteiger partial charge on any atom is 0.346 e. The zero-order valence-corrected chi connectivity index (χ0v) is 11.2. The van der Waals surface area contributed by atoms with E-state index in [9.17, 15) is 9.59 Å². The molecule has 0 amide bonds. The van der Waals surface area contributed by atoms with E-state index in [4.69, 9.17) is 25.5 Å². The zero-order valence-electron chi connectivity index (χ0n) is 11.2. The van der Waals surface area contributed by atoms with E-state index < -0.39 is 18.0 Å². The van der Waals surface area contributed by atoms with E-state index in [2.05, 4.69) is 4.74 Å². The minimum Gasteiger partial charge on any atom is -0.394 e. The van der Waals surface area contributed by atoms with E-state index >= 15 is 0 Å². The van der Waals surface area contributed by atoms with Crippen LogP contribution in [-0.4, -0.2) is 70.0 Å². The highest BCUT2D eigenvalue weighted by Crippen LogP contribution is 2.18. The van der Waals surface area contributed by atoms with Crippen LogP contribution in [0.1, 0.15) is 20.7 Å². The molecule has 0 spiro atoms. The summed E-state index contributed by atoms with van der Waals surface area (Å²) in [7, 11) is 0. The molecule has 1 aromatic carbocycles. The zero-order chi connectivity index (χ0) is 16.3. The summed E-state index contributed by atoms with van der Waals surface area (Å²) < 4.78 is 4.35. The van der Waals surface area contributed by atoms with Gasteiger partial charge in [0.25, 0.3) is 0 Å². The molecule has 0 saturated heterocycles. The molecule has 0 aromatic heterocycles. The highest BCUT2D eigenvalue weighted by molar-refractivity contribution is 6.14. The Balaban J connectivity index is 0.000000342. The Morgan fingerprint density at radius 1 is 0.857 bits per heavy atom. The van der Waals surface area contributed by atoms with Crippen molar-refractivity contribution in [3.05, 3.63) is 35.4 Å². The number of benzene rings is 1. The number of carbonyl (C=O) groups excluding carboxylic acids is 2. The van der Waals surface area contributed by atoms with Crippen molar-refractivity contribution < 1.29 is 39.9 Å². The molecule has 0 bridgehead atoms. The number of ether oxygens (including phenoxy) is 1. The van der Waals surface area contributed by atoms with Crippen molar-refractivity contribution in [2.24, 2.45) is 0 Å². The Morgan fingerprint density at radius 3 is 1.48 bits per heavy atom. The predicted octanol–water partition coefficient (Wildman–Crippen LogP) is -1.70. The number of fused-ring (bicyclic) bond motifs is 1. The molecule has 118 valence electrons. The molecule has 5 N–H and O–H groups in total. The molecule has 0 aliphatic carbocycles. The lowest BCUT2D eigenvalue weighted by Crippen LogP contribution is -2.15. The van der Waals surface area contributed by atoms with Crippen LogP contribution in [0, 0.1) is 0 Å². The molecular weight excluding hydrogens is 284 g/mol. The van der Waals surface area contributed by atoms with Gasteiger partial charge in [0.1, 0.15) is 6.10 Å². The number of aliphatic hydroxyl groups excluding tert-OH is 5. The summed E-state index contributed by atoms with van der Waals surface area (Å²) in [5.41, 5.74) is 0.718. The number of aliphatic hydroxyl groups is 5. The van der Waals surface area contributed by atoms with Crippen molar-refractivity contribution in [1.29, 1.82) is 0 Å². The highest BCUT2D eigenvalue weighted by atomic mass is 16.6. The summed E-state index contributed by atoms with van der Waals surface area (Å²) in [5, 5.41) is 39.3. The highest BCUT2D eigenvalue weighted by Gasteiger charge is 2.28. The standard InChI is InChI=1S/C8H4O3.C3H8O3.C2H6O2/c9-7-5-3-1-2-4-6(5)8(10)11-7;4-1-3(6)2-5;3-1-2-4/h1-4H;3-6H,1-2H2;3-4H,1-2H2. The van der Waals surface area contributed by atoms with Gasteiger partial charge in [0.2, 0.25) is 0 Å².